The van der Waals surface area contributed by atoms with E-state index in [4.69, 9.17) is 0 Å². The number of carbonyl (C=O) groups is 1. The minimum Gasteiger partial charge on any atom is -0.508 e. The lowest BCUT2D eigenvalue weighted by molar-refractivity contribution is 0.162. The number of phenols is 1. The van der Waals surface area contributed by atoms with E-state index in [0.29, 0.717) is 6.54 Å². The highest BCUT2D eigenvalue weighted by atomic mass is 16.3. The van der Waals surface area contributed by atoms with Crippen LogP contribution in [0.4, 0.5) is 4.79 Å². The van der Waals surface area contributed by atoms with Crippen molar-refractivity contribution in [2.75, 3.05) is 20.1 Å². The number of amides is 2. The van der Waals surface area contributed by atoms with Crippen molar-refractivity contribution in [2.24, 2.45) is 0 Å². The monoisotopic (exact) mass is 262 g/mol. The molecule has 1 aromatic carbocycles. The third kappa shape index (κ3) is 3.88. The number of hydrogen-bond acceptors (Lipinski definition) is 2. The lowest BCUT2D eigenvalue weighted by Gasteiger charge is -2.27. The number of likely N-dealkylation sites (tertiary alicyclic amines) is 1. The van der Waals surface area contributed by atoms with Gasteiger partial charge in [0, 0.05) is 26.7 Å². The molecule has 1 aliphatic heterocycles. The van der Waals surface area contributed by atoms with Crippen molar-refractivity contribution in [1.82, 2.24) is 9.80 Å². The van der Waals surface area contributed by atoms with Gasteiger partial charge in [-0.05, 0) is 30.5 Å². The molecule has 0 unspecified atom stereocenters. The van der Waals surface area contributed by atoms with Crippen LogP contribution in [0.25, 0.3) is 0 Å². The van der Waals surface area contributed by atoms with Gasteiger partial charge < -0.3 is 14.9 Å². The van der Waals surface area contributed by atoms with Gasteiger partial charge >= 0.3 is 6.03 Å². The number of aromatic hydroxyl groups is 1. The molecular formula is C15H22N2O2. The maximum Gasteiger partial charge on any atom is 0.320 e. The van der Waals surface area contributed by atoms with Crippen molar-refractivity contribution in [3.05, 3.63) is 29.8 Å². The fourth-order valence-corrected chi connectivity index (χ4v) is 2.45. The first-order valence-electron chi connectivity index (χ1n) is 6.95. The van der Waals surface area contributed by atoms with Crippen molar-refractivity contribution in [3.63, 3.8) is 0 Å². The Morgan fingerprint density at radius 3 is 2.32 bits per heavy atom. The molecule has 1 heterocycles. The number of hydrogen-bond donors (Lipinski definition) is 1. The molecule has 0 radical (unpaired) electrons. The van der Waals surface area contributed by atoms with Crippen LogP contribution in [0.3, 0.4) is 0 Å². The summed E-state index contributed by atoms with van der Waals surface area (Å²) >= 11 is 0. The van der Waals surface area contributed by atoms with Crippen molar-refractivity contribution >= 4 is 6.03 Å². The second-order valence-corrected chi connectivity index (χ2v) is 5.21. The first-order chi connectivity index (χ1) is 9.16. The Bertz CT molecular complexity index is 409. The molecule has 1 aromatic rings. The minimum atomic E-state index is 0.106. The topological polar surface area (TPSA) is 43.8 Å². The van der Waals surface area contributed by atoms with Crippen LogP contribution in [0.1, 0.15) is 31.2 Å². The molecule has 0 aliphatic carbocycles. The number of phenolic OH excluding ortho intramolecular Hbond substituents is 1. The summed E-state index contributed by atoms with van der Waals surface area (Å²) in [5, 5.41) is 9.25. The van der Waals surface area contributed by atoms with E-state index >= 15 is 0 Å². The standard InChI is InChI=1S/C15H22N2O2/c1-16(12-13-6-8-14(18)9-7-13)15(19)17-10-4-2-3-5-11-17/h6-9,18H,2-5,10-12H2,1H3. The zero-order valence-corrected chi connectivity index (χ0v) is 11.5. The molecule has 0 aromatic heterocycles. The quantitative estimate of drug-likeness (QED) is 0.890. The smallest absolute Gasteiger partial charge is 0.320 e. The van der Waals surface area contributed by atoms with E-state index in [1.807, 2.05) is 24.1 Å². The van der Waals surface area contributed by atoms with E-state index < -0.39 is 0 Å². The number of urea groups is 1. The van der Waals surface area contributed by atoms with Crippen LogP contribution in [-0.4, -0.2) is 41.1 Å². The van der Waals surface area contributed by atoms with Gasteiger partial charge in [0.25, 0.3) is 0 Å². The van der Waals surface area contributed by atoms with Gasteiger partial charge in [-0.1, -0.05) is 25.0 Å². The second-order valence-electron chi connectivity index (χ2n) is 5.21. The molecule has 104 valence electrons. The lowest BCUT2D eigenvalue weighted by atomic mass is 10.2. The molecule has 0 bridgehead atoms. The lowest BCUT2D eigenvalue weighted by Crippen LogP contribution is -2.41. The van der Waals surface area contributed by atoms with Crippen molar-refractivity contribution in [3.8, 4) is 5.75 Å². The molecule has 1 aliphatic rings. The number of rotatable bonds is 2. The highest BCUT2D eigenvalue weighted by Gasteiger charge is 2.19. The van der Waals surface area contributed by atoms with E-state index in [0.717, 1.165) is 31.5 Å². The maximum absolute atomic E-state index is 12.3. The fraction of sp³-hybridized carbons (Fsp3) is 0.533. The molecule has 1 saturated heterocycles. The molecule has 19 heavy (non-hydrogen) atoms. The Morgan fingerprint density at radius 2 is 1.74 bits per heavy atom. The zero-order chi connectivity index (χ0) is 13.7. The number of carbonyl (C=O) groups excluding carboxylic acids is 1. The summed E-state index contributed by atoms with van der Waals surface area (Å²) in [7, 11) is 1.83. The van der Waals surface area contributed by atoms with E-state index in [2.05, 4.69) is 0 Å². The second kappa shape index (κ2) is 6.45. The Hall–Kier alpha value is -1.71. The van der Waals surface area contributed by atoms with Crippen LogP contribution in [0.15, 0.2) is 24.3 Å². The number of benzene rings is 1. The van der Waals surface area contributed by atoms with Gasteiger partial charge in [-0.25, -0.2) is 4.79 Å². The summed E-state index contributed by atoms with van der Waals surface area (Å²) < 4.78 is 0. The Balaban J connectivity index is 1.92. The predicted octanol–water partition coefficient (Wildman–Crippen LogP) is 2.82. The summed E-state index contributed by atoms with van der Waals surface area (Å²) in [6.07, 6.45) is 4.68. The van der Waals surface area contributed by atoms with Crippen LogP contribution in [0.5, 0.6) is 5.75 Å². The van der Waals surface area contributed by atoms with Crippen molar-refractivity contribution < 1.29 is 9.90 Å². The molecular weight excluding hydrogens is 240 g/mol. The van der Waals surface area contributed by atoms with Crippen LogP contribution < -0.4 is 0 Å². The van der Waals surface area contributed by atoms with E-state index in [-0.39, 0.29) is 11.8 Å². The molecule has 0 saturated carbocycles. The summed E-state index contributed by atoms with van der Waals surface area (Å²) in [4.78, 5) is 16.0. The van der Waals surface area contributed by atoms with Crippen LogP contribution in [0.2, 0.25) is 0 Å². The Kier molecular flexibility index (Phi) is 4.66. The van der Waals surface area contributed by atoms with Gasteiger partial charge in [-0.15, -0.1) is 0 Å². The third-order valence-electron chi connectivity index (χ3n) is 3.56. The molecule has 1 N–H and O–H groups in total. The van der Waals surface area contributed by atoms with Crippen LogP contribution in [0, 0.1) is 0 Å². The highest BCUT2D eigenvalue weighted by molar-refractivity contribution is 5.74. The van der Waals surface area contributed by atoms with Crippen LogP contribution >= 0.6 is 0 Å². The summed E-state index contributed by atoms with van der Waals surface area (Å²) in [6, 6.07) is 7.11. The number of nitrogens with zero attached hydrogens (tertiary/aromatic N) is 2. The summed E-state index contributed by atoms with van der Waals surface area (Å²) in [5.41, 5.74) is 1.03. The van der Waals surface area contributed by atoms with Gasteiger partial charge in [-0.2, -0.15) is 0 Å². The Labute approximate surface area is 114 Å². The molecule has 2 amide bonds. The average Bonchev–Trinajstić information content (AvgIpc) is 2.69. The fourth-order valence-electron chi connectivity index (χ4n) is 2.45. The van der Waals surface area contributed by atoms with Gasteiger partial charge in [0.1, 0.15) is 5.75 Å². The maximum atomic E-state index is 12.3. The van der Waals surface area contributed by atoms with E-state index in [1.165, 1.54) is 12.8 Å². The van der Waals surface area contributed by atoms with Crippen molar-refractivity contribution in [2.45, 2.75) is 32.2 Å². The van der Waals surface area contributed by atoms with Gasteiger partial charge in [-0.3, -0.25) is 0 Å². The van der Waals surface area contributed by atoms with Crippen LogP contribution in [-0.2, 0) is 6.54 Å². The SMILES string of the molecule is CN(Cc1ccc(O)cc1)C(=O)N1CCCCCC1. The predicted molar refractivity (Wildman–Crippen MR) is 75.0 cm³/mol. The minimum absolute atomic E-state index is 0.106. The Morgan fingerprint density at radius 1 is 1.16 bits per heavy atom. The normalized spacial score (nSPS) is 15.9. The molecule has 4 heteroatoms. The molecule has 0 atom stereocenters. The molecule has 2 rings (SSSR count). The largest absolute Gasteiger partial charge is 0.508 e. The zero-order valence-electron chi connectivity index (χ0n) is 11.5. The first-order valence-corrected chi connectivity index (χ1v) is 6.95. The average molecular weight is 262 g/mol. The first kappa shape index (κ1) is 13.7. The van der Waals surface area contributed by atoms with Gasteiger partial charge in [0.15, 0.2) is 0 Å². The van der Waals surface area contributed by atoms with Gasteiger partial charge in [0.05, 0.1) is 0 Å². The molecule has 4 nitrogen and oxygen atoms in total. The molecule has 1 fully saturated rings. The van der Waals surface area contributed by atoms with E-state index in [1.54, 1.807) is 17.0 Å². The van der Waals surface area contributed by atoms with Gasteiger partial charge in [0.2, 0.25) is 0 Å². The van der Waals surface area contributed by atoms with E-state index in [9.17, 15) is 9.90 Å². The summed E-state index contributed by atoms with van der Waals surface area (Å²) in [5.74, 6) is 0.255. The molecule has 0 spiro atoms. The van der Waals surface area contributed by atoms with Crippen molar-refractivity contribution in [1.29, 1.82) is 0 Å². The highest BCUT2D eigenvalue weighted by Crippen LogP contribution is 2.14. The summed E-state index contributed by atoms with van der Waals surface area (Å²) in [6.45, 7) is 2.33. The third-order valence-corrected chi connectivity index (χ3v) is 3.56.